The quantitative estimate of drug-likeness (QED) is 0.659. The number of hydrogen-bond donors (Lipinski definition) is 0. The lowest BCUT2D eigenvalue weighted by Gasteiger charge is -2.16. The highest BCUT2D eigenvalue weighted by Crippen LogP contribution is 2.37. The zero-order chi connectivity index (χ0) is 11.8. The van der Waals surface area contributed by atoms with E-state index in [1.807, 2.05) is 59.9 Å². The van der Waals surface area contributed by atoms with Crippen LogP contribution in [0.1, 0.15) is 15.9 Å². The lowest BCUT2D eigenvalue weighted by atomic mass is 10.0. The smallest absolute Gasteiger partial charge is 0.196 e. The predicted molar refractivity (Wildman–Crippen MR) is 70.6 cm³/mol. The number of nitrogens with zero attached hydrogens (tertiary/aromatic N) is 1. The van der Waals surface area contributed by atoms with Gasteiger partial charge in [-0.2, -0.15) is 0 Å². The molecule has 3 heteroatoms. The van der Waals surface area contributed by atoms with Gasteiger partial charge in [0.25, 0.3) is 0 Å². The summed E-state index contributed by atoms with van der Waals surface area (Å²) in [5.41, 5.74) is 2.53. The maximum absolute atomic E-state index is 12.4. The molecule has 0 bridgehead atoms. The molecular formula is C14H11NOS. The largest absolute Gasteiger partial charge is 0.314 e. The van der Waals surface area contributed by atoms with Crippen molar-refractivity contribution in [2.45, 2.75) is 4.90 Å². The van der Waals surface area contributed by atoms with Gasteiger partial charge >= 0.3 is 0 Å². The third-order valence-corrected chi connectivity index (χ3v) is 3.88. The molecule has 2 aromatic carbocycles. The minimum atomic E-state index is 0.105. The van der Waals surface area contributed by atoms with Crippen LogP contribution < -0.4 is 4.31 Å². The monoisotopic (exact) mass is 241 g/mol. The fourth-order valence-electron chi connectivity index (χ4n) is 2.02. The number of hydrogen-bond acceptors (Lipinski definition) is 3. The summed E-state index contributed by atoms with van der Waals surface area (Å²) >= 11 is 1.59. The molecule has 0 spiro atoms. The van der Waals surface area contributed by atoms with Crippen LogP contribution in [-0.4, -0.2) is 12.8 Å². The highest BCUT2D eigenvalue weighted by atomic mass is 32.2. The number of para-hydroxylation sites is 1. The molecule has 1 aliphatic rings. The summed E-state index contributed by atoms with van der Waals surface area (Å²) in [7, 11) is 1.98. The first-order valence-corrected chi connectivity index (χ1v) is 6.19. The maximum Gasteiger partial charge on any atom is 0.196 e. The summed E-state index contributed by atoms with van der Waals surface area (Å²) in [6.07, 6.45) is 0. The molecule has 2 aromatic rings. The third kappa shape index (κ3) is 1.63. The van der Waals surface area contributed by atoms with Gasteiger partial charge in [0.15, 0.2) is 5.78 Å². The first-order valence-electron chi connectivity index (χ1n) is 5.42. The first kappa shape index (κ1) is 10.4. The molecule has 84 valence electrons. The average molecular weight is 241 g/mol. The summed E-state index contributed by atoms with van der Waals surface area (Å²) in [5.74, 6) is 0.105. The second-order valence-corrected chi connectivity index (χ2v) is 5.10. The Hall–Kier alpha value is -1.74. The number of rotatable bonds is 0. The molecule has 0 unspecified atom stereocenters. The van der Waals surface area contributed by atoms with E-state index in [2.05, 4.69) is 0 Å². The molecule has 0 saturated carbocycles. The van der Waals surface area contributed by atoms with Crippen LogP contribution in [0.25, 0.3) is 0 Å². The Morgan fingerprint density at radius 2 is 1.59 bits per heavy atom. The van der Waals surface area contributed by atoms with Crippen LogP contribution in [0.2, 0.25) is 0 Å². The molecule has 0 atom stereocenters. The molecule has 0 amide bonds. The van der Waals surface area contributed by atoms with Crippen molar-refractivity contribution in [1.29, 1.82) is 0 Å². The van der Waals surface area contributed by atoms with Gasteiger partial charge in [-0.05, 0) is 36.2 Å². The predicted octanol–water partition coefficient (Wildman–Crippen LogP) is 3.37. The van der Waals surface area contributed by atoms with E-state index >= 15 is 0 Å². The number of benzene rings is 2. The summed E-state index contributed by atoms with van der Waals surface area (Å²) in [4.78, 5) is 13.4. The van der Waals surface area contributed by atoms with Crippen LogP contribution in [0, 0.1) is 0 Å². The average Bonchev–Trinajstić information content (AvgIpc) is 2.48. The fraction of sp³-hybridized carbons (Fsp3) is 0.0714. The van der Waals surface area contributed by atoms with E-state index < -0.39 is 0 Å². The second kappa shape index (κ2) is 3.93. The van der Waals surface area contributed by atoms with Crippen molar-refractivity contribution in [3.63, 3.8) is 0 Å². The number of ketones is 1. The van der Waals surface area contributed by atoms with E-state index in [1.54, 1.807) is 11.9 Å². The normalized spacial score (nSPS) is 13.9. The molecule has 0 fully saturated rings. The highest BCUT2D eigenvalue weighted by molar-refractivity contribution is 8.00. The van der Waals surface area contributed by atoms with Gasteiger partial charge < -0.3 is 4.31 Å². The van der Waals surface area contributed by atoms with E-state index in [-0.39, 0.29) is 5.78 Å². The minimum absolute atomic E-state index is 0.105. The van der Waals surface area contributed by atoms with E-state index in [4.69, 9.17) is 0 Å². The van der Waals surface area contributed by atoms with E-state index in [0.717, 1.165) is 21.7 Å². The van der Waals surface area contributed by atoms with E-state index in [0.29, 0.717) is 0 Å². The zero-order valence-electron chi connectivity index (χ0n) is 9.38. The summed E-state index contributed by atoms with van der Waals surface area (Å²) < 4.78 is 2.04. The molecule has 1 aliphatic heterocycles. The van der Waals surface area contributed by atoms with Crippen LogP contribution in [-0.2, 0) is 0 Å². The van der Waals surface area contributed by atoms with Crippen LogP contribution >= 0.6 is 11.9 Å². The Kier molecular flexibility index (Phi) is 2.41. The summed E-state index contributed by atoms with van der Waals surface area (Å²) in [6, 6.07) is 15.5. The molecule has 0 N–H and O–H groups in total. The summed E-state index contributed by atoms with van der Waals surface area (Å²) in [6.45, 7) is 0. The third-order valence-electron chi connectivity index (χ3n) is 2.85. The van der Waals surface area contributed by atoms with Crippen molar-refractivity contribution in [3.8, 4) is 0 Å². The number of carbonyl (C=O) groups is 1. The van der Waals surface area contributed by atoms with Gasteiger partial charge in [-0.3, -0.25) is 4.79 Å². The Balaban J connectivity index is 2.26. The number of anilines is 1. The van der Waals surface area contributed by atoms with Crippen molar-refractivity contribution in [2.24, 2.45) is 0 Å². The van der Waals surface area contributed by atoms with Crippen LogP contribution in [0.5, 0.6) is 0 Å². The van der Waals surface area contributed by atoms with Crippen LogP contribution in [0.4, 0.5) is 5.69 Å². The lowest BCUT2D eigenvalue weighted by Crippen LogP contribution is -2.07. The summed E-state index contributed by atoms with van der Waals surface area (Å²) in [5, 5.41) is 0. The van der Waals surface area contributed by atoms with Crippen molar-refractivity contribution < 1.29 is 4.79 Å². The van der Waals surface area contributed by atoms with Crippen molar-refractivity contribution in [3.05, 3.63) is 59.7 Å². The Labute approximate surface area is 104 Å². The van der Waals surface area contributed by atoms with Gasteiger partial charge in [0.05, 0.1) is 5.69 Å². The molecule has 17 heavy (non-hydrogen) atoms. The highest BCUT2D eigenvalue weighted by Gasteiger charge is 2.23. The fourth-order valence-corrected chi connectivity index (χ4v) is 2.97. The SMILES string of the molecule is CN1Sc2ccccc2C(=O)c2ccccc21. The molecule has 1 heterocycles. The van der Waals surface area contributed by atoms with Gasteiger partial charge in [-0.15, -0.1) is 0 Å². The second-order valence-electron chi connectivity index (χ2n) is 3.93. The van der Waals surface area contributed by atoms with E-state index in [9.17, 15) is 4.79 Å². The van der Waals surface area contributed by atoms with Crippen molar-refractivity contribution in [1.82, 2.24) is 0 Å². The van der Waals surface area contributed by atoms with Gasteiger partial charge in [-0.25, -0.2) is 0 Å². The van der Waals surface area contributed by atoms with E-state index in [1.165, 1.54) is 0 Å². The van der Waals surface area contributed by atoms with Gasteiger partial charge in [-0.1, -0.05) is 24.3 Å². The molecule has 2 nitrogen and oxygen atoms in total. The standard InChI is InChI=1S/C14H11NOS/c1-15-12-8-4-2-6-10(12)14(16)11-7-3-5-9-13(11)17-15/h2-9H,1H3. The van der Waals surface area contributed by atoms with Crippen molar-refractivity contribution >= 4 is 23.4 Å². The molecular weight excluding hydrogens is 230 g/mol. The van der Waals surface area contributed by atoms with Crippen molar-refractivity contribution in [2.75, 3.05) is 11.4 Å². The molecule has 0 radical (unpaired) electrons. The molecule has 3 rings (SSSR count). The molecule has 0 aliphatic carbocycles. The zero-order valence-corrected chi connectivity index (χ0v) is 10.2. The van der Waals surface area contributed by atoms with Gasteiger partial charge in [0.1, 0.15) is 0 Å². The molecule has 0 aromatic heterocycles. The van der Waals surface area contributed by atoms with Gasteiger partial charge in [0.2, 0.25) is 0 Å². The Morgan fingerprint density at radius 1 is 0.941 bits per heavy atom. The van der Waals surface area contributed by atoms with Crippen LogP contribution in [0.15, 0.2) is 53.4 Å². The Bertz CT molecular complexity index is 594. The number of fused-ring (bicyclic) bond motifs is 2. The topological polar surface area (TPSA) is 20.3 Å². The maximum atomic E-state index is 12.4. The Morgan fingerprint density at radius 3 is 2.41 bits per heavy atom. The first-order chi connectivity index (χ1) is 8.27. The molecule has 0 saturated heterocycles. The van der Waals surface area contributed by atoms with Crippen LogP contribution in [0.3, 0.4) is 0 Å². The van der Waals surface area contributed by atoms with Gasteiger partial charge in [0, 0.05) is 23.1 Å². The lowest BCUT2D eigenvalue weighted by molar-refractivity contribution is 0.103. The number of carbonyl (C=O) groups excluding carboxylic acids is 1. The minimum Gasteiger partial charge on any atom is -0.314 e.